The SMILES string of the molecule is O=C(Nc1c2c(cc3c1CCC3)CCC2)NS(=O)(=O)c1cc2c(o1)CCCNC2=O. The van der Waals surface area contributed by atoms with Gasteiger partial charge in [-0.2, -0.15) is 8.42 Å². The predicted octanol–water partition coefficient (Wildman–Crippen LogP) is 2.44. The summed E-state index contributed by atoms with van der Waals surface area (Å²) in [5.41, 5.74) is 5.69. The normalized spacial score (nSPS) is 17.5. The van der Waals surface area contributed by atoms with Crippen molar-refractivity contribution >= 4 is 27.6 Å². The molecule has 1 aromatic carbocycles. The van der Waals surface area contributed by atoms with E-state index in [-0.39, 0.29) is 11.5 Å². The molecule has 0 spiro atoms. The van der Waals surface area contributed by atoms with Crippen LogP contribution in [0.15, 0.2) is 21.6 Å². The monoisotopic (exact) mass is 429 g/mol. The Bertz CT molecular complexity index is 1130. The van der Waals surface area contributed by atoms with Crippen LogP contribution in [-0.2, 0) is 42.1 Å². The van der Waals surface area contributed by atoms with Crippen LogP contribution in [-0.4, -0.2) is 26.9 Å². The van der Waals surface area contributed by atoms with Gasteiger partial charge in [0.15, 0.2) is 0 Å². The molecule has 0 saturated heterocycles. The molecule has 0 fully saturated rings. The van der Waals surface area contributed by atoms with E-state index >= 15 is 0 Å². The molecule has 3 amide bonds. The largest absolute Gasteiger partial charge is 0.447 e. The molecule has 158 valence electrons. The van der Waals surface area contributed by atoms with E-state index in [1.54, 1.807) is 0 Å². The first-order valence-electron chi connectivity index (χ1n) is 10.3. The zero-order valence-corrected chi connectivity index (χ0v) is 17.3. The minimum atomic E-state index is -4.25. The fraction of sp³-hybridized carbons (Fsp3) is 0.429. The summed E-state index contributed by atoms with van der Waals surface area (Å²) >= 11 is 0. The lowest BCUT2D eigenvalue weighted by molar-refractivity contribution is 0.0955. The van der Waals surface area contributed by atoms with Gasteiger partial charge < -0.3 is 15.1 Å². The molecule has 3 N–H and O–H groups in total. The summed E-state index contributed by atoms with van der Waals surface area (Å²) in [6.07, 6.45) is 6.91. The Morgan fingerprint density at radius 1 is 0.967 bits per heavy atom. The van der Waals surface area contributed by atoms with Crippen LogP contribution in [0.4, 0.5) is 10.5 Å². The zero-order chi connectivity index (χ0) is 20.9. The summed E-state index contributed by atoms with van der Waals surface area (Å²) in [6.45, 7) is 0.511. The number of sulfonamides is 1. The van der Waals surface area contributed by atoms with Crippen molar-refractivity contribution in [1.82, 2.24) is 10.0 Å². The van der Waals surface area contributed by atoms with E-state index < -0.39 is 21.1 Å². The van der Waals surface area contributed by atoms with Crippen molar-refractivity contribution in [3.8, 4) is 0 Å². The summed E-state index contributed by atoms with van der Waals surface area (Å²) in [5, 5.41) is 5.06. The first kappa shape index (κ1) is 19.2. The molecule has 0 saturated carbocycles. The lowest BCUT2D eigenvalue weighted by Gasteiger charge is -2.16. The molecule has 2 heterocycles. The Kier molecular flexibility index (Phi) is 4.57. The Hall–Kier alpha value is -2.81. The molecule has 3 aliphatic rings. The molecule has 8 nitrogen and oxygen atoms in total. The smallest absolute Gasteiger partial charge is 0.333 e. The van der Waals surface area contributed by atoms with Crippen LogP contribution in [0.25, 0.3) is 0 Å². The highest BCUT2D eigenvalue weighted by Gasteiger charge is 2.30. The summed E-state index contributed by atoms with van der Waals surface area (Å²) in [6, 6.07) is 2.61. The number of furan rings is 1. The van der Waals surface area contributed by atoms with Gasteiger partial charge in [-0.05, 0) is 67.2 Å². The lowest BCUT2D eigenvalue weighted by Crippen LogP contribution is -2.34. The van der Waals surface area contributed by atoms with Crippen LogP contribution in [0.3, 0.4) is 0 Å². The zero-order valence-electron chi connectivity index (χ0n) is 16.5. The van der Waals surface area contributed by atoms with Gasteiger partial charge >= 0.3 is 6.03 Å². The number of carbonyl (C=O) groups is 2. The molecular formula is C21H23N3O5S. The molecule has 0 unspecified atom stereocenters. The van der Waals surface area contributed by atoms with Crippen molar-refractivity contribution in [2.24, 2.45) is 0 Å². The molecule has 9 heteroatoms. The molecule has 0 radical (unpaired) electrons. The Morgan fingerprint density at radius 3 is 2.37 bits per heavy atom. The second-order valence-corrected chi connectivity index (χ2v) is 9.67. The molecule has 1 aromatic heterocycles. The number of carbonyl (C=O) groups excluding carboxylic acids is 2. The van der Waals surface area contributed by atoms with E-state index in [0.29, 0.717) is 25.1 Å². The fourth-order valence-corrected chi connectivity index (χ4v) is 5.62. The molecule has 1 aliphatic heterocycles. The average molecular weight is 429 g/mol. The van der Waals surface area contributed by atoms with E-state index in [1.807, 2.05) is 4.72 Å². The molecule has 2 aliphatic carbocycles. The topological polar surface area (TPSA) is 118 Å². The van der Waals surface area contributed by atoms with Gasteiger partial charge in [0.05, 0.1) is 5.56 Å². The number of hydrogen-bond donors (Lipinski definition) is 3. The van der Waals surface area contributed by atoms with Crippen LogP contribution in [0.1, 0.15) is 57.6 Å². The second kappa shape index (κ2) is 7.16. The van der Waals surface area contributed by atoms with Crippen LogP contribution in [0.2, 0.25) is 0 Å². The van der Waals surface area contributed by atoms with Crippen molar-refractivity contribution in [2.45, 2.75) is 56.5 Å². The van der Waals surface area contributed by atoms with Gasteiger partial charge in [0.25, 0.3) is 15.9 Å². The van der Waals surface area contributed by atoms with Crippen LogP contribution in [0.5, 0.6) is 0 Å². The number of aryl methyl sites for hydroxylation is 3. The average Bonchev–Trinajstić information content (AvgIpc) is 3.42. The standard InChI is InChI=1S/C21H23N3O5S/c25-20-16-11-18(29-17(16)8-3-9-22-20)30(27,28)24-21(26)23-19-14-6-1-4-12(14)10-13-5-2-7-15(13)19/h10-11H,1-9H2,(H,22,25)(H2,23,24,26). The summed E-state index contributed by atoms with van der Waals surface area (Å²) in [7, 11) is -4.25. The number of benzene rings is 1. The number of rotatable bonds is 3. The number of anilines is 1. The van der Waals surface area contributed by atoms with Crippen molar-refractivity contribution in [1.29, 1.82) is 0 Å². The van der Waals surface area contributed by atoms with Gasteiger partial charge in [-0.25, -0.2) is 9.52 Å². The Labute approximate surface area is 174 Å². The van der Waals surface area contributed by atoms with E-state index in [1.165, 1.54) is 17.2 Å². The third-order valence-electron chi connectivity index (χ3n) is 6.10. The Morgan fingerprint density at radius 2 is 1.67 bits per heavy atom. The van der Waals surface area contributed by atoms with E-state index in [2.05, 4.69) is 16.7 Å². The van der Waals surface area contributed by atoms with Crippen LogP contribution >= 0.6 is 0 Å². The van der Waals surface area contributed by atoms with Crippen molar-refractivity contribution < 1.29 is 22.4 Å². The fourth-order valence-electron chi connectivity index (χ4n) is 4.74. The van der Waals surface area contributed by atoms with Gasteiger partial charge in [-0.15, -0.1) is 0 Å². The van der Waals surface area contributed by atoms with Gasteiger partial charge in [0.1, 0.15) is 5.76 Å². The van der Waals surface area contributed by atoms with Crippen molar-refractivity contribution in [2.75, 3.05) is 11.9 Å². The highest BCUT2D eigenvalue weighted by molar-refractivity contribution is 7.89. The molecule has 0 bridgehead atoms. The number of urea groups is 1. The molecule has 5 rings (SSSR count). The molecule has 2 aromatic rings. The van der Waals surface area contributed by atoms with Gasteiger partial charge in [0, 0.05) is 24.7 Å². The third kappa shape index (κ3) is 3.27. The first-order chi connectivity index (χ1) is 14.4. The maximum absolute atomic E-state index is 12.7. The highest BCUT2D eigenvalue weighted by atomic mass is 32.2. The summed E-state index contributed by atoms with van der Waals surface area (Å²) < 4.78 is 32.9. The third-order valence-corrected chi connectivity index (χ3v) is 7.29. The highest BCUT2D eigenvalue weighted by Crippen LogP contribution is 2.38. The lowest BCUT2D eigenvalue weighted by atomic mass is 9.99. The Balaban J connectivity index is 1.39. The summed E-state index contributed by atoms with van der Waals surface area (Å²) in [5.74, 6) is -0.0444. The number of amides is 3. The molecule has 0 atom stereocenters. The van der Waals surface area contributed by atoms with E-state index in [4.69, 9.17) is 4.42 Å². The molecule has 30 heavy (non-hydrogen) atoms. The minimum Gasteiger partial charge on any atom is -0.447 e. The van der Waals surface area contributed by atoms with Gasteiger partial charge in [-0.1, -0.05) is 6.07 Å². The van der Waals surface area contributed by atoms with Crippen molar-refractivity contribution in [3.63, 3.8) is 0 Å². The number of hydrogen-bond acceptors (Lipinski definition) is 5. The maximum atomic E-state index is 12.7. The first-order valence-corrected chi connectivity index (χ1v) is 11.8. The maximum Gasteiger partial charge on any atom is 0.333 e. The molecular weight excluding hydrogens is 406 g/mol. The van der Waals surface area contributed by atoms with Crippen molar-refractivity contribution in [3.05, 3.63) is 45.7 Å². The number of nitrogens with one attached hydrogen (secondary N) is 3. The second-order valence-electron chi connectivity index (χ2n) is 8.06. The van der Waals surface area contributed by atoms with Gasteiger partial charge in [-0.3, -0.25) is 4.79 Å². The quantitative estimate of drug-likeness (QED) is 0.693. The van der Waals surface area contributed by atoms with E-state index in [9.17, 15) is 18.0 Å². The summed E-state index contributed by atoms with van der Waals surface area (Å²) in [4.78, 5) is 24.7. The predicted molar refractivity (Wildman–Crippen MR) is 109 cm³/mol. The van der Waals surface area contributed by atoms with Crippen LogP contribution < -0.4 is 15.4 Å². The van der Waals surface area contributed by atoms with Gasteiger partial charge in [0.2, 0.25) is 5.09 Å². The van der Waals surface area contributed by atoms with E-state index in [0.717, 1.165) is 55.3 Å². The number of fused-ring (bicyclic) bond motifs is 3. The minimum absolute atomic E-state index is 0.201. The van der Waals surface area contributed by atoms with Crippen LogP contribution in [0, 0.1) is 0 Å².